The molecule has 174 valence electrons. The molecule has 0 bridgehead atoms. The Morgan fingerprint density at radius 3 is 2.18 bits per heavy atom. The number of alkyl halides is 6. The minimum absolute atomic E-state index is 0.0859. The number of aromatic nitrogens is 1. The van der Waals surface area contributed by atoms with E-state index in [2.05, 4.69) is 10.3 Å². The Morgan fingerprint density at radius 2 is 1.64 bits per heavy atom. The number of anilines is 1. The zero-order valence-corrected chi connectivity index (χ0v) is 17.4. The number of likely N-dealkylation sites (N-methyl/N-ethyl adjacent to an activating group) is 1. The normalized spacial score (nSPS) is 13.1. The van der Waals surface area contributed by atoms with Crippen molar-refractivity contribution in [2.45, 2.75) is 18.4 Å². The second-order valence-corrected chi connectivity index (χ2v) is 7.33. The lowest BCUT2D eigenvalue weighted by atomic mass is 10.0. The van der Waals surface area contributed by atoms with Gasteiger partial charge in [-0.3, -0.25) is 0 Å². The monoisotopic (exact) mass is 468 g/mol. The maximum absolute atomic E-state index is 13.3. The van der Waals surface area contributed by atoms with Crippen molar-refractivity contribution in [3.8, 4) is 17.5 Å². The molecule has 1 aromatic heterocycles. The number of halogens is 6. The first-order valence-corrected chi connectivity index (χ1v) is 9.56. The highest BCUT2D eigenvalue weighted by Gasteiger charge is 2.35. The van der Waals surface area contributed by atoms with Crippen LogP contribution in [-0.4, -0.2) is 30.5 Å². The third kappa shape index (κ3) is 5.46. The highest BCUT2D eigenvalue weighted by atomic mass is 19.4. The van der Waals surface area contributed by atoms with Crippen LogP contribution < -0.4 is 5.32 Å². The minimum atomic E-state index is -4.65. The Kier molecular flexibility index (Phi) is 6.69. The van der Waals surface area contributed by atoms with Gasteiger partial charge in [0.05, 0.1) is 17.2 Å². The van der Waals surface area contributed by atoms with Gasteiger partial charge in [-0.25, -0.2) is 0 Å². The Morgan fingerprint density at radius 1 is 1.00 bits per heavy atom. The Bertz CT molecular complexity index is 1140. The van der Waals surface area contributed by atoms with Gasteiger partial charge >= 0.3 is 12.4 Å². The topological polar surface area (TPSA) is 65.1 Å². The molecule has 0 fully saturated rings. The highest BCUT2D eigenvalue weighted by molar-refractivity contribution is 5.63. The van der Waals surface area contributed by atoms with Gasteiger partial charge in [-0.2, -0.15) is 36.6 Å². The smallest absolute Gasteiger partial charge is 0.417 e. The molecular weight excluding hydrogens is 450 g/mol. The fourth-order valence-corrected chi connectivity index (χ4v) is 3.23. The zero-order valence-electron chi connectivity index (χ0n) is 17.4. The molecule has 0 spiro atoms. The first-order valence-electron chi connectivity index (χ1n) is 9.56. The van der Waals surface area contributed by atoms with Crippen molar-refractivity contribution in [1.82, 2.24) is 9.88 Å². The van der Waals surface area contributed by atoms with Gasteiger partial charge in [0, 0.05) is 12.1 Å². The third-order valence-electron chi connectivity index (χ3n) is 4.90. The number of nitrogens with zero attached hydrogens (tertiary/aromatic N) is 3. The van der Waals surface area contributed by atoms with Gasteiger partial charge in [0.2, 0.25) is 17.5 Å². The van der Waals surface area contributed by atoms with Crippen molar-refractivity contribution in [2.75, 3.05) is 26.0 Å². The van der Waals surface area contributed by atoms with Crippen LogP contribution in [0.25, 0.3) is 11.5 Å². The molecule has 3 rings (SSSR count). The van der Waals surface area contributed by atoms with Crippen LogP contribution in [0.1, 0.15) is 28.4 Å². The van der Waals surface area contributed by atoms with Crippen molar-refractivity contribution in [1.29, 1.82) is 5.26 Å². The molecule has 3 aromatic rings. The van der Waals surface area contributed by atoms with Crippen LogP contribution in [-0.2, 0) is 12.4 Å². The molecule has 0 aliphatic rings. The largest absolute Gasteiger partial charge is 0.419 e. The van der Waals surface area contributed by atoms with E-state index in [-0.39, 0.29) is 29.6 Å². The standard InChI is InChI=1S/C22H18F6N4O/c1-32(2)18(13-7-9-14(10-8-13)21(23,24)25)12-30-20-17(11-29)31-19(33-20)15-5-3-4-6-16(15)22(26,27)28/h3-10,18,30H,12H2,1-2H3/t18-/m0/s1. The van der Waals surface area contributed by atoms with Crippen LogP contribution in [0.2, 0.25) is 0 Å². The first kappa shape index (κ1) is 24.1. The molecule has 0 saturated carbocycles. The number of oxazole rings is 1. The van der Waals surface area contributed by atoms with Crippen LogP contribution in [0.15, 0.2) is 52.9 Å². The summed E-state index contributed by atoms with van der Waals surface area (Å²) in [5, 5.41) is 12.2. The average Bonchev–Trinajstić information content (AvgIpc) is 3.16. The van der Waals surface area contributed by atoms with Crippen LogP contribution in [0.4, 0.5) is 32.2 Å². The summed E-state index contributed by atoms with van der Waals surface area (Å²) in [6, 6.07) is 10.6. The third-order valence-corrected chi connectivity index (χ3v) is 4.90. The average molecular weight is 468 g/mol. The maximum Gasteiger partial charge on any atom is 0.417 e. The second kappa shape index (κ2) is 9.15. The minimum Gasteiger partial charge on any atom is -0.419 e. The summed E-state index contributed by atoms with van der Waals surface area (Å²) in [5.41, 5.74) is -1.75. The Labute approximate surface area is 185 Å². The van der Waals surface area contributed by atoms with Crippen LogP contribution in [0.3, 0.4) is 0 Å². The van der Waals surface area contributed by atoms with E-state index < -0.39 is 29.5 Å². The lowest BCUT2D eigenvalue weighted by Crippen LogP contribution is -2.27. The molecule has 2 aromatic carbocycles. The lowest BCUT2D eigenvalue weighted by Gasteiger charge is -2.25. The van der Waals surface area contributed by atoms with Gasteiger partial charge in [-0.1, -0.05) is 24.3 Å². The number of rotatable bonds is 6. The van der Waals surface area contributed by atoms with Gasteiger partial charge in [-0.05, 0) is 43.9 Å². The van der Waals surface area contributed by atoms with E-state index >= 15 is 0 Å². The summed E-state index contributed by atoms with van der Waals surface area (Å²) in [6.07, 6.45) is -9.11. The fourth-order valence-electron chi connectivity index (χ4n) is 3.23. The summed E-state index contributed by atoms with van der Waals surface area (Å²) in [6.45, 7) is 0.0859. The van der Waals surface area contributed by atoms with Gasteiger partial charge in [0.15, 0.2) is 0 Å². The summed E-state index contributed by atoms with van der Waals surface area (Å²) >= 11 is 0. The number of hydrogen-bond acceptors (Lipinski definition) is 5. The van der Waals surface area contributed by atoms with Crippen molar-refractivity contribution >= 4 is 5.88 Å². The summed E-state index contributed by atoms with van der Waals surface area (Å²) in [5.74, 6) is -0.513. The highest BCUT2D eigenvalue weighted by Crippen LogP contribution is 2.38. The van der Waals surface area contributed by atoms with E-state index in [9.17, 15) is 31.6 Å². The van der Waals surface area contributed by atoms with Crippen molar-refractivity contribution in [2.24, 2.45) is 0 Å². The zero-order chi connectivity index (χ0) is 24.4. The van der Waals surface area contributed by atoms with E-state index in [1.165, 1.54) is 30.3 Å². The predicted molar refractivity (Wildman–Crippen MR) is 108 cm³/mol. The van der Waals surface area contributed by atoms with Crippen molar-refractivity contribution < 1.29 is 30.8 Å². The van der Waals surface area contributed by atoms with E-state index in [1.54, 1.807) is 25.1 Å². The molecular formula is C22H18F6N4O. The molecule has 5 nitrogen and oxygen atoms in total. The number of hydrogen-bond donors (Lipinski definition) is 1. The molecule has 0 unspecified atom stereocenters. The van der Waals surface area contributed by atoms with Crippen LogP contribution in [0, 0.1) is 11.3 Å². The van der Waals surface area contributed by atoms with Crippen LogP contribution in [0.5, 0.6) is 0 Å². The van der Waals surface area contributed by atoms with Gasteiger partial charge < -0.3 is 14.6 Å². The van der Waals surface area contributed by atoms with E-state index in [1.807, 2.05) is 0 Å². The maximum atomic E-state index is 13.3. The molecule has 0 aliphatic carbocycles. The van der Waals surface area contributed by atoms with Crippen molar-refractivity contribution in [3.05, 3.63) is 70.9 Å². The Balaban J connectivity index is 1.87. The van der Waals surface area contributed by atoms with E-state index in [4.69, 9.17) is 4.42 Å². The SMILES string of the molecule is CN(C)[C@@H](CNc1oc(-c2ccccc2C(F)(F)F)nc1C#N)c1ccc(C(F)(F)F)cc1. The predicted octanol–water partition coefficient (Wildman–Crippen LogP) is 5.97. The lowest BCUT2D eigenvalue weighted by molar-refractivity contribution is -0.138. The first-order chi connectivity index (χ1) is 15.4. The fraction of sp³-hybridized carbons (Fsp3) is 0.273. The Hall–Kier alpha value is -3.52. The summed E-state index contributed by atoms with van der Waals surface area (Å²) in [4.78, 5) is 5.61. The summed E-state index contributed by atoms with van der Waals surface area (Å²) in [7, 11) is 3.42. The molecule has 1 heterocycles. The van der Waals surface area contributed by atoms with Crippen LogP contribution >= 0.6 is 0 Å². The second-order valence-electron chi connectivity index (χ2n) is 7.33. The van der Waals surface area contributed by atoms with Crippen molar-refractivity contribution in [3.63, 3.8) is 0 Å². The van der Waals surface area contributed by atoms with Gasteiger partial charge in [0.25, 0.3) is 0 Å². The number of nitrogens with one attached hydrogen (secondary N) is 1. The van der Waals surface area contributed by atoms with E-state index in [0.717, 1.165) is 18.2 Å². The molecule has 0 aliphatic heterocycles. The molecule has 0 radical (unpaired) electrons. The quantitative estimate of drug-likeness (QED) is 0.452. The molecule has 11 heteroatoms. The molecule has 1 atom stereocenters. The van der Waals surface area contributed by atoms with E-state index in [0.29, 0.717) is 5.56 Å². The number of benzene rings is 2. The summed E-state index contributed by atoms with van der Waals surface area (Å²) < 4.78 is 83.9. The molecule has 0 amide bonds. The number of nitriles is 1. The van der Waals surface area contributed by atoms with Gasteiger partial charge in [0.1, 0.15) is 6.07 Å². The molecule has 0 saturated heterocycles. The molecule has 33 heavy (non-hydrogen) atoms. The van der Waals surface area contributed by atoms with Gasteiger partial charge in [-0.15, -0.1) is 0 Å². The molecule has 1 N–H and O–H groups in total.